The number of rotatable bonds is 4. The van der Waals surface area contributed by atoms with Crippen molar-refractivity contribution in [3.8, 4) is 34.0 Å². The zero-order valence-electron chi connectivity index (χ0n) is 16.2. The van der Waals surface area contributed by atoms with E-state index >= 15 is 0 Å². The Labute approximate surface area is 172 Å². The van der Waals surface area contributed by atoms with Crippen LogP contribution in [0.4, 0.5) is 13.2 Å². The SMILES string of the molecule is CCc1c(-c2ccc(O)cc2)nn(-c2ccccc2C(F)(F)F)c1-c1ccccc1. The van der Waals surface area contributed by atoms with Crippen molar-refractivity contribution in [1.29, 1.82) is 0 Å². The van der Waals surface area contributed by atoms with E-state index in [0.29, 0.717) is 17.8 Å². The first kappa shape index (κ1) is 19.8. The summed E-state index contributed by atoms with van der Waals surface area (Å²) in [5.41, 5.74) is 2.79. The zero-order valence-corrected chi connectivity index (χ0v) is 16.2. The summed E-state index contributed by atoms with van der Waals surface area (Å²) in [6, 6.07) is 21.3. The molecular weight excluding hydrogens is 389 g/mol. The molecule has 1 heterocycles. The molecule has 4 aromatic rings. The Morgan fingerprint density at radius 1 is 0.833 bits per heavy atom. The minimum atomic E-state index is -4.51. The molecule has 4 rings (SSSR count). The van der Waals surface area contributed by atoms with Crippen molar-refractivity contribution >= 4 is 0 Å². The van der Waals surface area contributed by atoms with Gasteiger partial charge in [0, 0.05) is 16.7 Å². The number of benzene rings is 3. The second-order valence-electron chi connectivity index (χ2n) is 6.87. The Bertz CT molecular complexity index is 1160. The number of halogens is 3. The minimum Gasteiger partial charge on any atom is -0.508 e. The quantitative estimate of drug-likeness (QED) is 0.419. The van der Waals surface area contributed by atoms with Gasteiger partial charge < -0.3 is 5.11 Å². The van der Waals surface area contributed by atoms with Crippen molar-refractivity contribution in [2.45, 2.75) is 19.5 Å². The summed E-state index contributed by atoms with van der Waals surface area (Å²) in [5.74, 6) is 0.113. The Hall–Kier alpha value is -3.54. The Kier molecular flexibility index (Phi) is 5.08. The molecule has 0 amide bonds. The van der Waals surface area contributed by atoms with Crippen LogP contribution in [0.2, 0.25) is 0 Å². The molecule has 3 nitrogen and oxygen atoms in total. The van der Waals surface area contributed by atoms with Crippen LogP contribution < -0.4 is 0 Å². The molecule has 152 valence electrons. The number of alkyl halides is 3. The summed E-state index contributed by atoms with van der Waals surface area (Å²) in [5, 5.41) is 14.3. The van der Waals surface area contributed by atoms with Gasteiger partial charge >= 0.3 is 6.18 Å². The topological polar surface area (TPSA) is 38.1 Å². The molecule has 0 saturated heterocycles. The third-order valence-corrected chi connectivity index (χ3v) is 4.96. The molecule has 0 atom stereocenters. The van der Waals surface area contributed by atoms with Gasteiger partial charge in [-0.15, -0.1) is 0 Å². The zero-order chi connectivity index (χ0) is 21.3. The highest BCUT2D eigenvalue weighted by Crippen LogP contribution is 2.39. The van der Waals surface area contributed by atoms with E-state index in [1.807, 2.05) is 37.3 Å². The number of para-hydroxylation sites is 1. The van der Waals surface area contributed by atoms with Crippen LogP contribution in [-0.2, 0) is 12.6 Å². The molecule has 6 heteroatoms. The van der Waals surface area contributed by atoms with Gasteiger partial charge in [0.25, 0.3) is 0 Å². The summed E-state index contributed by atoms with van der Waals surface area (Å²) in [4.78, 5) is 0. The Morgan fingerprint density at radius 2 is 1.47 bits per heavy atom. The lowest BCUT2D eigenvalue weighted by Gasteiger charge is -2.15. The molecule has 0 bridgehead atoms. The lowest BCUT2D eigenvalue weighted by Crippen LogP contribution is -2.12. The summed E-state index contributed by atoms with van der Waals surface area (Å²) < 4.78 is 42.7. The van der Waals surface area contributed by atoms with Gasteiger partial charge in [-0.1, -0.05) is 49.4 Å². The van der Waals surface area contributed by atoms with Crippen LogP contribution in [0.25, 0.3) is 28.2 Å². The van der Waals surface area contributed by atoms with Crippen LogP contribution >= 0.6 is 0 Å². The van der Waals surface area contributed by atoms with E-state index < -0.39 is 11.7 Å². The normalized spacial score (nSPS) is 11.6. The van der Waals surface area contributed by atoms with Crippen molar-refractivity contribution in [2.75, 3.05) is 0 Å². The molecule has 0 radical (unpaired) electrons. The summed E-state index contributed by atoms with van der Waals surface area (Å²) in [7, 11) is 0. The van der Waals surface area contributed by atoms with E-state index in [2.05, 4.69) is 5.10 Å². The number of phenolic OH excluding ortho intramolecular Hbond substituents is 1. The average Bonchev–Trinajstić information content (AvgIpc) is 3.14. The maximum Gasteiger partial charge on any atom is 0.418 e. The average molecular weight is 408 g/mol. The van der Waals surface area contributed by atoms with Crippen LogP contribution in [0.1, 0.15) is 18.1 Å². The molecular formula is C24H19F3N2O. The van der Waals surface area contributed by atoms with Crippen molar-refractivity contribution in [3.05, 3.63) is 90.0 Å². The highest BCUT2D eigenvalue weighted by Gasteiger charge is 2.35. The predicted molar refractivity (Wildman–Crippen MR) is 110 cm³/mol. The number of hydrogen-bond acceptors (Lipinski definition) is 2. The van der Waals surface area contributed by atoms with Crippen molar-refractivity contribution in [3.63, 3.8) is 0 Å². The first-order valence-electron chi connectivity index (χ1n) is 9.53. The summed E-state index contributed by atoms with van der Waals surface area (Å²) >= 11 is 0. The second kappa shape index (κ2) is 7.71. The molecule has 0 saturated carbocycles. The number of aromatic nitrogens is 2. The molecule has 0 spiro atoms. The predicted octanol–water partition coefficient (Wildman–Crippen LogP) is 6.49. The van der Waals surface area contributed by atoms with Gasteiger partial charge in [-0.2, -0.15) is 18.3 Å². The first-order valence-corrected chi connectivity index (χ1v) is 9.53. The van der Waals surface area contributed by atoms with Crippen LogP contribution in [0, 0.1) is 0 Å². The van der Waals surface area contributed by atoms with Gasteiger partial charge in [0.15, 0.2) is 0 Å². The fourth-order valence-corrected chi connectivity index (χ4v) is 3.60. The molecule has 0 aliphatic heterocycles. The maximum atomic E-state index is 13.8. The van der Waals surface area contributed by atoms with Crippen LogP contribution in [0.3, 0.4) is 0 Å². The van der Waals surface area contributed by atoms with Crippen LogP contribution in [0.15, 0.2) is 78.9 Å². The highest BCUT2D eigenvalue weighted by molar-refractivity contribution is 5.76. The first-order chi connectivity index (χ1) is 14.4. The molecule has 0 aliphatic carbocycles. The third kappa shape index (κ3) is 3.56. The van der Waals surface area contributed by atoms with Crippen molar-refractivity contribution in [2.24, 2.45) is 0 Å². The van der Waals surface area contributed by atoms with Gasteiger partial charge in [-0.3, -0.25) is 0 Å². The van der Waals surface area contributed by atoms with Gasteiger partial charge in [-0.25, -0.2) is 4.68 Å². The van der Waals surface area contributed by atoms with Crippen LogP contribution in [-0.4, -0.2) is 14.9 Å². The smallest absolute Gasteiger partial charge is 0.418 e. The minimum absolute atomic E-state index is 0.0245. The fraction of sp³-hybridized carbons (Fsp3) is 0.125. The van der Waals surface area contributed by atoms with Gasteiger partial charge in [0.05, 0.1) is 22.6 Å². The van der Waals surface area contributed by atoms with Crippen LogP contribution in [0.5, 0.6) is 5.75 Å². The molecule has 1 aromatic heterocycles. The molecule has 3 aromatic carbocycles. The molecule has 0 aliphatic rings. The van der Waals surface area contributed by atoms with Gasteiger partial charge in [0.2, 0.25) is 0 Å². The molecule has 1 N–H and O–H groups in total. The standard InChI is InChI=1S/C24H19F3N2O/c1-2-19-22(16-12-14-18(30)15-13-16)28-29(23(19)17-8-4-3-5-9-17)21-11-7-6-10-20(21)24(25,26)27/h3-15,30H,2H2,1H3. The summed E-state index contributed by atoms with van der Waals surface area (Å²) in [6.45, 7) is 1.95. The monoisotopic (exact) mass is 408 g/mol. The van der Waals surface area contributed by atoms with E-state index in [4.69, 9.17) is 0 Å². The molecule has 30 heavy (non-hydrogen) atoms. The van der Waals surface area contributed by atoms with Gasteiger partial charge in [-0.05, 0) is 42.8 Å². The number of nitrogens with zero attached hydrogens (tertiary/aromatic N) is 2. The number of phenols is 1. The molecule has 0 unspecified atom stereocenters. The highest BCUT2D eigenvalue weighted by atomic mass is 19.4. The largest absolute Gasteiger partial charge is 0.508 e. The lowest BCUT2D eigenvalue weighted by atomic mass is 9.99. The Balaban J connectivity index is 2.05. The molecule has 0 fully saturated rings. The van der Waals surface area contributed by atoms with E-state index in [1.54, 1.807) is 30.3 Å². The van der Waals surface area contributed by atoms with E-state index in [-0.39, 0.29) is 11.4 Å². The summed E-state index contributed by atoms with van der Waals surface area (Å²) in [6.07, 6.45) is -3.93. The fourth-order valence-electron chi connectivity index (χ4n) is 3.60. The van der Waals surface area contributed by atoms with Gasteiger partial charge in [0.1, 0.15) is 5.75 Å². The van der Waals surface area contributed by atoms with E-state index in [1.165, 1.54) is 16.8 Å². The van der Waals surface area contributed by atoms with E-state index in [0.717, 1.165) is 22.8 Å². The number of hydrogen-bond donors (Lipinski definition) is 1. The lowest BCUT2D eigenvalue weighted by molar-refractivity contribution is -0.137. The third-order valence-electron chi connectivity index (χ3n) is 4.96. The van der Waals surface area contributed by atoms with Crippen molar-refractivity contribution < 1.29 is 18.3 Å². The second-order valence-corrected chi connectivity index (χ2v) is 6.87. The van der Waals surface area contributed by atoms with E-state index in [9.17, 15) is 18.3 Å². The van der Waals surface area contributed by atoms with Crippen molar-refractivity contribution in [1.82, 2.24) is 9.78 Å². The maximum absolute atomic E-state index is 13.8. The number of aromatic hydroxyl groups is 1. The Morgan fingerprint density at radius 3 is 2.10 bits per heavy atom.